The van der Waals surface area contributed by atoms with E-state index in [1.807, 2.05) is 37.4 Å². The van der Waals surface area contributed by atoms with Gasteiger partial charge in [0, 0.05) is 11.7 Å². The first-order valence-electron chi connectivity index (χ1n) is 6.31. The zero-order valence-corrected chi connectivity index (χ0v) is 10.4. The number of likely N-dealkylation sites (N-methyl/N-ethyl adjacent to an activating group) is 1. The van der Waals surface area contributed by atoms with Crippen molar-refractivity contribution in [3.8, 4) is 0 Å². The van der Waals surface area contributed by atoms with E-state index < -0.39 is 0 Å². The van der Waals surface area contributed by atoms with E-state index in [1.165, 1.54) is 25.7 Å². The summed E-state index contributed by atoms with van der Waals surface area (Å²) in [7, 11) is 2.04. The molecule has 0 bridgehead atoms. The Labute approximate surface area is 103 Å². The molecular weight excluding hydrogens is 212 g/mol. The molecule has 1 aromatic carbocycles. The molecule has 1 aromatic rings. The van der Waals surface area contributed by atoms with Crippen molar-refractivity contribution in [1.82, 2.24) is 4.90 Å². The van der Waals surface area contributed by atoms with E-state index in [-0.39, 0.29) is 5.91 Å². The molecule has 0 aromatic heterocycles. The van der Waals surface area contributed by atoms with Crippen molar-refractivity contribution < 1.29 is 4.79 Å². The Kier molecular flexibility index (Phi) is 4.15. The molecule has 0 radical (unpaired) electrons. The summed E-state index contributed by atoms with van der Waals surface area (Å²) in [5.74, 6) is 0.0746. The molecule has 0 unspecified atom stereocenters. The van der Waals surface area contributed by atoms with Crippen LogP contribution in [0.5, 0.6) is 0 Å². The van der Waals surface area contributed by atoms with Crippen molar-refractivity contribution in [3.05, 3.63) is 30.3 Å². The first-order valence-corrected chi connectivity index (χ1v) is 6.31. The maximum Gasteiger partial charge on any atom is 0.238 e. The molecule has 0 heterocycles. The summed E-state index contributed by atoms with van der Waals surface area (Å²) in [5.41, 5.74) is 0.873. The molecule has 1 fully saturated rings. The van der Waals surface area contributed by atoms with Crippen molar-refractivity contribution >= 4 is 11.6 Å². The van der Waals surface area contributed by atoms with Crippen molar-refractivity contribution in [1.29, 1.82) is 0 Å². The smallest absolute Gasteiger partial charge is 0.238 e. The number of para-hydroxylation sites is 1. The van der Waals surface area contributed by atoms with Gasteiger partial charge in [0.25, 0.3) is 0 Å². The van der Waals surface area contributed by atoms with E-state index in [0.717, 1.165) is 5.69 Å². The van der Waals surface area contributed by atoms with Crippen LogP contribution >= 0.6 is 0 Å². The fourth-order valence-corrected chi connectivity index (χ4v) is 2.42. The minimum Gasteiger partial charge on any atom is -0.325 e. The van der Waals surface area contributed by atoms with Crippen LogP contribution in [0.1, 0.15) is 25.7 Å². The highest BCUT2D eigenvalue weighted by molar-refractivity contribution is 5.92. The summed E-state index contributed by atoms with van der Waals surface area (Å²) < 4.78 is 0. The van der Waals surface area contributed by atoms with Gasteiger partial charge in [0.05, 0.1) is 6.54 Å². The molecule has 17 heavy (non-hydrogen) atoms. The van der Waals surface area contributed by atoms with E-state index in [2.05, 4.69) is 10.2 Å². The van der Waals surface area contributed by atoms with Crippen LogP contribution in [0.3, 0.4) is 0 Å². The minimum absolute atomic E-state index is 0.0746. The Balaban J connectivity index is 1.80. The fraction of sp³-hybridized carbons (Fsp3) is 0.500. The maximum absolute atomic E-state index is 11.8. The molecule has 1 aliphatic carbocycles. The lowest BCUT2D eigenvalue weighted by atomic mass is 10.2. The van der Waals surface area contributed by atoms with E-state index in [9.17, 15) is 4.79 Å². The highest BCUT2D eigenvalue weighted by Crippen LogP contribution is 2.22. The van der Waals surface area contributed by atoms with Crippen molar-refractivity contribution in [2.45, 2.75) is 31.7 Å². The van der Waals surface area contributed by atoms with Crippen LogP contribution in [0, 0.1) is 0 Å². The predicted octanol–water partition coefficient (Wildman–Crippen LogP) is 2.50. The van der Waals surface area contributed by atoms with Gasteiger partial charge >= 0.3 is 0 Å². The van der Waals surface area contributed by atoms with Crippen LogP contribution < -0.4 is 5.32 Å². The van der Waals surface area contributed by atoms with Crippen LogP contribution in [0.25, 0.3) is 0 Å². The van der Waals surface area contributed by atoms with Crippen LogP contribution in [0.4, 0.5) is 5.69 Å². The standard InChI is InChI=1S/C14H20N2O/c1-16(13-9-5-6-10-13)11-14(17)15-12-7-3-2-4-8-12/h2-4,7-8,13H,5-6,9-11H2,1H3,(H,15,17). The first-order chi connectivity index (χ1) is 8.25. The Morgan fingerprint density at radius 1 is 1.29 bits per heavy atom. The second-order valence-electron chi connectivity index (χ2n) is 4.77. The lowest BCUT2D eigenvalue weighted by Gasteiger charge is -2.23. The lowest BCUT2D eigenvalue weighted by Crippen LogP contribution is -2.36. The number of nitrogens with one attached hydrogen (secondary N) is 1. The normalized spacial score (nSPS) is 16.4. The maximum atomic E-state index is 11.8. The van der Waals surface area contributed by atoms with Crippen molar-refractivity contribution in [2.75, 3.05) is 18.9 Å². The number of benzene rings is 1. The number of rotatable bonds is 4. The molecule has 1 N–H and O–H groups in total. The fourth-order valence-electron chi connectivity index (χ4n) is 2.42. The van der Waals surface area contributed by atoms with Crippen LogP contribution in [0.15, 0.2) is 30.3 Å². The summed E-state index contributed by atoms with van der Waals surface area (Å²) >= 11 is 0. The van der Waals surface area contributed by atoms with Crippen molar-refractivity contribution in [2.24, 2.45) is 0 Å². The molecule has 0 spiro atoms. The van der Waals surface area contributed by atoms with Gasteiger partial charge in [-0.2, -0.15) is 0 Å². The van der Waals surface area contributed by atoms with E-state index in [4.69, 9.17) is 0 Å². The zero-order chi connectivity index (χ0) is 12.1. The molecule has 3 heteroatoms. The topological polar surface area (TPSA) is 32.3 Å². The predicted molar refractivity (Wildman–Crippen MR) is 70.0 cm³/mol. The Morgan fingerprint density at radius 3 is 2.59 bits per heavy atom. The van der Waals surface area contributed by atoms with E-state index in [1.54, 1.807) is 0 Å². The molecule has 1 saturated carbocycles. The molecule has 1 aliphatic rings. The molecule has 0 aliphatic heterocycles. The zero-order valence-electron chi connectivity index (χ0n) is 10.4. The van der Waals surface area contributed by atoms with Gasteiger partial charge in [-0.3, -0.25) is 9.69 Å². The van der Waals surface area contributed by atoms with Gasteiger partial charge in [-0.1, -0.05) is 31.0 Å². The molecule has 0 saturated heterocycles. The quantitative estimate of drug-likeness (QED) is 0.865. The first kappa shape index (κ1) is 12.1. The second kappa shape index (κ2) is 5.82. The van der Waals surface area contributed by atoms with E-state index >= 15 is 0 Å². The van der Waals surface area contributed by atoms with Crippen molar-refractivity contribution in [3.63, 3.8) is 0 Å². The molecule has 3 nitrogen and oxygen atoms in total. The van der Waals surface area contributed by atoms with Crippen LogP contribution in [-0.4, -0.2) is 30.4 Å². The van der Waals surface area contributed by atoms with Crippen LogP contribution in [0.2, 0.25) is 0 Å². The Bertz CT molecular complexity index is 358. The van der Waals surface area contributed by atoms with Gasteiger partial charge in [-0.05, 0) is 32.0 Å². The monoisotopic (exact) mass is 232 g/mol. The van der Waals surface area contributed by atoms with E-state index in [0.29, 0.717) is 12.6 Å². The third kappa shape index (κ3) is 3.56. The average molecular weight is 232 g/mol. The van der Waals surface area contributed by atoms with Gasteiger partial charge in [-0.25, -0.2) is 0 Å². The number of nitrogens with zero attached hydrogens (tertiary/aromatic N) is 1. The summed E-state index contributed by atoms with van der Waals surface area (Å²) in [6.45, 7) is 0.486. The Hall–Kier alpha value is -1.35. The number of carbonyl (C=O) groups excluding carboxylic acids is 1. The van der Waals surface area contributed by atoms with Gasteiger partial charge in [0.15, 0.2) is 0 Å². The highest BCUT2D eigenvalue weighted by Gasteiger charge is 2.20. The third-order valence-electron chi connectivity index (χ3n) is 3.40. The number of anilines is 1. The second-order valence-corrected chi connectivity index (χ2v) is 4.77. The summed E-state index contributed by atoms with van der Waals surface area (Å²) in [6.07, 6.45) is 5.06. The SMILES string of the molecule is CN(CC(=O)Nc1ccccc1)C1CCCC1. The molecule has 1 amide bonds. The molecule has 92 valence electrons. The molecule has 2 rings (SSSR count). The summed E-state index contributed by atoms with van der Waals surface area (Å²) in [5, 5.41) is 2.92. The molecular formula is C14H20N2O. The average Bonchev–Trinajstić information content (AvgIpc) is 2.83. The van der Waals surface area contributed by atoms with Gasteiger partial charge in [-0.15, -0.1) is 0 Å². The third-order valence-corrected chi connectivity index (χ3v) is 3.40. The molecule has 0 atom stereocenters. The Morgan fingerprint density at radius 2 is 1.94 bits per heavy atom. The van der Waals surface area contributed by atoms with Gasteiger partial charge < -0.3 is 5.32 Å². The summed E-state index contributed by atoms with van der Waals surface area (Å²) in [4.78, 5) is 14.0. The minimum atomic E-state index is 0.0746. The number of hydrogen-bond acceptors (Lipinski definition) is 2. The van der Waals surface area contributed by atoms with Gasteiger partial charge in [0.1, 0.15) is 0 Å². The lowest BCUT2D eigenvalue weighted by molar-refractivity contribution is -0.117. The summed E-state index contributed by atoms with van der Waals surface area (Å²) in [6, 6.07) is 10.2. The number of hydrogen-bond donors (Lipinski definition) is 1. The number of amides is 1. The number of carbonyl (C=O) groups is 1. The largest absolute Gasteiger partial charge is 0.325 e. The van der Waals surface area contributed by atoms with Gasteiger partial charge in [0.2, 0.25) is 5.91 Å². The highest BCUT2D eigenvalue weighted by atomic mass is 16.2. The van der Waals surface area contributed by atoms with Crippen LogP contribution in [-0.2, 0) is 4.79 Å².